The van der Waals surface area contributed by atoms with Gasteiger partial charge in [-0.15, -0.1) is 11.6 Å². The summed E-state index contributed by atoms with van der Waals surface area (Å²) in [6, 6.07) is 0.632. The Morgan fingerprint density at radius 2 is 1.67 bits per heavy atom. The van der Waals surface area contributed by atoms with Crippen molar-refractivity contribution in [1.29, 1.82) is 0 Å². The van der Waals surface area contributed by atoms with E-state index < -0.39 is 32.4 Å². The molecule has 0 saturated heterocycles. The summed E-state index contributed by atoms with van der Waals surface area (Å²) < 4.78 is 64.4. The van der Waals surface area contributed by atoms with Crippen molar-refractivity contribution in [2.45, 2.75) is 17.7 Å². The van der Waals surface area contributed by atoms with Crippen LogP contribution in [0.4, 0.5) is 13.2 Å². The van der Waals surface area contributed by atoms with E-state index in [4.69, 9.17) is 11.6 Å². The topological polar surface area (TPSA) is 46.2 Å². The molecule has 0 aromatic heterocycles. The van der Waals surface area contributed by atoms with Gasteiger partial charge >= 0.3 is 0 Å². The lowest BCUT2D eigenvalue weighted by atomic mass is 10.3. The van der Waals surface area contributed by atoms with Crippen LogP contribution >= 0.6 is 11.6 Å². The maximum atomic E-state index is 13.3. The second-order valence-corrected chi connectivity index (χ2v) is 5.57. The van der Waals surface area contributed by atoms with Crippen molar-refractivity contribution >= 4 is 21.6 Å². The maximum Gasteiger partial charge on any atom is 0.246 e. The van der Waals surface area contributed by atoms with Crippen LogP contribution in [0.2, 0.25) is 0 Å². The van der Waals surface area contributed by atoms with Crippen molar-refractivity contribution in [1.82, 2.24) is 4.72 Å². The highest BCUT2D eigenvalue weighted by molar-refractivity contribution is 7.89. The smallest absolute Gasteiger partial charge is 0.211 e. The first-order chi connectivity index (χ1) is 8.38. The molecule has 0 spiro atoms. The van der Waals surface area contributed by atoms with Crippen molar-refractivity contribution in [3.63, 3.8) is 0 Å². The minimum Gasteiger partial charge on any atom is -0.211 e. The largest absolute Gasteiger partial charge is 0.246 e. The van der Waals surface area contributed by atoms with E-state index in [1.807, 2.05) is 4.72 Å². The van der Waals surface area contributed by atoms with Crippen LogP contribution in [0.5, 0.6) is 0 Å². The second-order valence-electron chi connectivity index (χ2n) is 3.49. The van der Waals surface area contributed by atoms with Gasteiger partial charge in [0.15, 0.2) is 4.90 Å². The monoisotopic (exact) mass is 301 g/mol. The predicted octanol–water partition coefficient (Wildman–Crippen LogP) is 2.40. The number of hydrogen-bond acceptors (Lipinski definition) is 2. The highest BCUT2D eigenvalue weighted by atomic mass is 35.5. The van der Waals surface area contributed by atoms with Gasteiger partial charge in [-0.3, -0.25) is 0 Å². The Morgan fingerprint density at radius 3 is 2.17 bits per heavy atom. The van der Waals surface area contributed by atoms with Crippen molar-refractivity contribution in [3.05, 3.63) is 29.6 Å². The number of nitrogens with one attached hydrogen (secondary N) is 1. The van der Waals surface area contributed by atoms with Gasteiger partial charge in [-0.1, -0.05) is 0 Å². The molecule has 0 unspecified atom stereocenters. The Hall–Kier alpha value is -0.790. The third-order valence-electron chi connectivity index (χ3n) is 2.08. The van der Waals surface area contributed by atoms with Gasteiger partial charge in [0.05, 0.1) is 0 Å². The average Bonchev–Trinajstić information content (AvgIpc) is 2.22. The third-order valence-corrected chi connectivity index (χ3v) is 3.86. The van der Waals surface area contributed by atoms with Crippen LogP contribution in [-0.4, -0.2) is 20.8 Å². The normalized spacial score (nSPS) is 11.8. The standard InChI is InChI=1S/C10H11ClF3NO2S/c11-3-1-2-4-15-18(16,17)10-8(13)5-7(12)6-9(10)14/h5-6,15H,1-4H2. The van der Waals surface area contributed by atoms with Gasteiger partial charge in [0.25, 0.3) is 0 Å². The minimum absolute atomic E-state index is 0.00527. The summed E-state index contributed by atoms with van der Waals surface area (Å²) in [5.74, 6) is -3.73. The first-order valence-electron chi connectivity index (χ1n) is 5.08. The predicted molar refractivity (Wildman–Crippen MR) is 61.5 cm³/mol. The van der Waals surface area contributed by atoms with Crippen LogP contribution in [0, 0.1) is 17.5 Å². The van der Waals surface area contributed by atoms with E-state index in [1.165, 1.54) is 0 Å². The molecule has 1 rings (SSSR count). The summed E-state index contributed by atoms with van der Waals surface area (Å²) in [6.07, 6.45) is 1.01. The van der Waals surface area contributed by atoms with E-state index in [0.29, 0.717) is 30.9 Å². The molecule has 0 fully saturated rings. The Balaban J connectivity index is 2.92. The Labute approximate surface area is 108 Å². The summed E-state index contributed by atoms with van der Waals surface area (Å²) in [7, 11) is -4.33. The second kappa shape index (κ2) is 6.40. The summed E-state index contributed by atoms with van der Waals surface area (Å²) in [5.41, 5.74) is 0. The van der Waals surface area contributed by atoms with Crippen LogP contribution in [0.15, 0.2) is 17.0 Å². The van der Waals surface area contributed by atoms with E-state index in [9.17, 15) is 21.6 Å². The molecular weight excluding hydrogens is 291 g/mol. The van der Waals surface area contributed by atoms with Gasteiger partial charge in [-0.2, -0.15) is 0 Å². The molecule has 0 atom stereocenters. The summed E-state index contributed by atoms with van der Waals surface area (Å²) >= 11 is 5.40. The van der Waals surface area contributed by atoms with Gasteiger partial charge in [-0.25, -0.2) is 26.3 Å². The van der Waals surface area contributed by atoms with Gasteiger partial charge in [0, 0.05) is 24.6 Å². The lowest BCUT2D eigenvalue weighted by molar-refractivity contribution is 0.493. The van der Waals surface area contributed by atoms with Crippen LogP contribution in [-0.2, 0) is 10.0 Å². The zero-order chi connectivity index (χ0) is 13.8. The first-order valence-corrected chi connectivity index (χ1v) is 7.10. The molecule has 1 N–H and O–H groups in total. The molecule has 1 aromatic rings. The lowest BCUT2D eigenvalue weighted by Gasteiger charge is -2.08. The SMILES string of the molecule is O=S(=O)(NCCCCCl)c1c(F)cc(F)cc1F. The Morgan fingerprint density at radius 1 is 1.11 bits per heavy atom. The van der Waals surface area contributed by atoms with E-state index >= 15 is 0 Å². The molecule has 0 amide bonds. The molecule has 8 heteroatoms. The molecule has 0 aliphatic carbocycles. The minimum atomic E-state index is -4.33. The highest BCUT2D eigenvalue weighted by Gasteiger charge is 2.24. The summed E-state index contributed by atoms with van der Waals surface area (Å²) in [6.45, 7) is 0.00527. The molecule has 0 radical (unpaired) electrons. The Kier molecular flexibility index (Phi) is 5.43. The zero-order valence-corrected chi connectivity index (χ0v) is 10.8. The van der Waals surface area contributed by atoms with Gasteiger partial charge in [-0.05, 0) is 12.8 Å². The molecule has 0 aliphatic rings. The van der Waals surface area contributed by atoms with E-state index in [2.05, 4.69) is 0 Å². The molecule has 18 heavy (non-hydrogen) atoms. The average molecular weight is 302 g/mol. The molecular formula is C10H11ClF3NO2S. The van der Waals surface area contributed by atoms with Crippen LogP contribution in [0.3, 0.4) is 0 Å². The number of benzene rings is 1. The lowest BCUT2D eigenvalue weighted by Crippen LogP contribution is -2.26. The number of unbranched alkanes of at least 4 members (excludes halogenated alkanes) is 1. The van der Waals surface area contributed by atoms with Crippen molar-refractivity contribution < 1.29 is 21.6 Å². The maximum absolute atomic E-state index is 13.3. The van der Waals surface area contributed by atoms with Crippen LogP contribution < -0.4 is 4.72 Å². The van der Waals surface area contributed by atoms with Gasteiger partial charge in [0.1, 0.15) is 17.5 Å². The summed E-state index contributed by atoms with van der Waals surface area (Å²) in [4.78, 5) is -1.17. The zero-order valence-electron chi connectivity index (χ0n) is 9.22. The fourth-order valence-electron chi connectivity index (χ4n) is 1.28. The fraction of sp³-hybridized carbons (Fsp3) is 0.400. The van der Waals surface area contributed by atoms with E-state index in [0.717, 1.165) is 0 Å². The fourth-order valence-corrected chi connectivity index (χ4v) is 2.66. The highest BCUT2D eigenvalue weighted by Crippen LogP contribution is 2.19. The molecule has 102 valence electrons. The first kappa shape index (κ1) is 15.3. The number of hydrogen-bond donors (Lipinski definition) is 1. The van der Waals surface area contributed by atoms with E-state index in [1.54, 1.807) is 0 Å². The number of halogens is 4. The number of rotatable bonds is 6. The van der Waals surface area contributed by atoms with Crippen LogP contribution in [0.25, 0.3) is 0 Å². The van der Waals surface area contributed by atoms with E-state index in [-0.39, 0.29) is 6.54 Å². The van der Waals surface area contributed by atoms with Crippen LogP contribution in [0.1, 0.15) is 12.8 Å². The quantitative estimate of drug-likeness (QED) is 0.648. The van der Waals surface area contributed by atoms with Crippen molar-refractivity contribution in [2.75, 3.05) is 12.4 Å². The molecule has 0 saturated carbocycles. The molecule has 0 aliphatic heterocycles. The molecule has 0 bridgehead atoms. The van der Waals surface area contributed by atoms with Gasteiger partial charge in [0.2, 0.25) is 10.0 Å². The van der Waals surface area contributed by atoms with Gasteiger partial charge < -0.3 is 0 Å². The Bertz CT molecular complexity index is 499. The molecule has 0 heterocycles. The van der Waals surface area contributed by atoms with Crippen molar-refractivity contribution in [2.24, 2.45) is 0 Å². The van der Waals surface area contributed by atoms with Crippen molar-refractivity contribution in [3.8, 4) is 0 Å². The third kappa shape index (κ3) is 3.86. The molecule has 3 nitrogen and oxygen atoms in total. The number of sulfonamides is 1. The summed E-state index contributed by atoms with van der Waals surface area (Å²) in [5, 5.41) is 0. The number of alkyl halides is 1. The molecule has 1 aromatic carbocycles.